The molecule has 1 saturated heterocycles. The third kappa shape index (κ3) is 5.80. The van der Waals surface area contributed by atoms with Crippen LogP contribution in [0.3, 0.4) is 0 Å². The fourth-order valence-corrected chi connectivity index (χ4v) is 4.60. The van der Waals surface area contributed by atoms with Crippen molar-refractivity contribution >= 4 is 17.6 Å². The summed E-state index contributed by atoms with van der Waals surface area (Å²) in [5.74, 6) is 0.900. The van der Waals surface area contributed by atoms with Crippen molar-refractivity contribution in [3.8, 4) is 16.9 Å². The number of nitrogens with one attached hydrogen (secondary N) is 1. The minimum atomic E-state index is -4.32. The Morgan fingerprint density at radius 1 is 0.972 bits per heavy atom. The average molecular weight is 513 g/mol. The van der Waals surface area contributed by atoms with Crippen LogP contribution in [0.25, 0.3) is 16.9 Å². The van der Waals surface area contributed by atoms with Crippen molar-refractivity contribution in [2.75, 3.05) is 31.1 Å². The number of rotatable bonds is 6. The maximum atomic E-state index is 12.6. The standard InChI is InChI=1S/C25H23F3N6OS/c26-25(27,28)36-21-4-2-20(3-5-21)34-16-22(31-17-34)19-1-6-24(35)33(15-19)14-18-7-8-30-23(13-18)32-11-9-29-10-12-32/h1-8,13,15-17,29H,9-12,14H2. The molecule has 1 aromatic carbocycles. The van der Waals surface area contributed by atoms with Gasteiger partial charge >= 0.3 is 5.51 Å². The Balaban J connectivity index is 1.34. The van der Waals surface area contributed by atoms with Crippen molar-refractivity contribution in [3.05, 3.63) is 89.4 Å². The van der Waals surface area contributed by atoms with Crippen LogP contribution in [0.5, 0.6) is 0 Å². The first-order chi connectivity index (χ1) is 17.3. The van der Waals surface area contributed by atoms with Crippen LogP contribution in [0.2, 0.25) is 0 Å². The predicted octanol–water partition coefficient (Wildman–Crippen LogP) is 4.17. The lowest BCUT2D eigenvalue weighted by atomic mass is 10.2. The van der Waals surface area contributed by atoms with Gasteiger partial charge in [-0.1, -0.05) is 0 Å². The molecule has 0 amide bonds. The number of alkyl halides is 3. The number of imidazole rings is 1. The summed E-state index contributed by atoms with van der Waals surface area (Å²) in [6.45, 7) is 4.00. The molecule has 36 heavy (non-hydrogen) atoms. The minimum Gasteiger partial charge on any atom is -0.354 e. The fourth-order valence-electron chi connectivity index (χ4n) is 4.06. The predicted molar refractivity (Wildman–Crippen MR) is 134 cm³/mol. The number of anilines is 1. The Hall–Kier alpha value is -3.57. The van der Waals surface area contributed by atoms with Crippen LogP contribution in [-0.2, 0) is 6.54 Å². The largest absolute Gasteiger partial charge is 0.446 e. The molecular formula is C25H23F3N6OS. The Kier molecular flexibility index (Phi) is 6.84. The second kappa shape index (κ2) is 10.2. The third-order valence-electron chi connectivity index (χ3n) is 5.83. The number of hydrogen-bond donors (Lipinski definition) is 1. The number of benzene rings is 1. The number of nitrogens with zero attached hydrogens (tertiary/aromatic N) is 5. The molecule has 5 rings (SSSR count). The van der Waals surface area contributed by atoms with Gasteiger partial charge in [-0.3, -0.25) is 4.79 Å². The summed E-state index contributed by atoms with van der Waals surface area (Å²) < 4.78 is 41.1. The maximum Gasteiger partial charge on any atom is 0.446 e. The molecule has 0 saturated carbocycles. The molecule has 186 valence electrons. The van der Waals surface area contributed by atoms with E-state index in [9.17, 15) is 18.0 Å². The van der Waals surface area contributed by atoms with E-state index in [-0.39, 0.29) is 22.2 Å². The normalized spacial score (nSPS) is 14.2. The monoisotopic (exact) mass is 512 g/mol. The van der Waals surface area contributed by atoms with Crippen LogP contribution in [0.15, 0.2) is 83.1 Å². The fraction of sp³-hybridized carbons (Fsp3) is 0.240. The number of hydrogen-bond acceptors (Lipinski definition) is 6. The summed E-state index contributed by atoms with van der Waals surface area (Å²) in [6.07, 6.45) is 6.91. The molecule has 0 spiro atoms. The third-order valence-corrected chi connectivity index (χ3v) is 6.57. The van der Waals surface area contributed by atoms with E-state index >= 15 is 0 Å². The van der Waals surface area contributed by atoms with Gasteiger partial charge in [-0.15, -0.1) is 0 Å². The van der Waals surface area contributed by atoms with Gasteiger partial charge in [-0.25, -0.2) is 9.97 Å². The van der Waals surface area contributed by atoms with Gasteiger partial charge in [-0.05, 0) is 59.8 Å². The van der Waals surface area contributed by atoms with Crippen LogP contribution in [0, 0.1) is 0 Å². The minimum absolute atomic E-state index is 0.120. The molecule has 1 aliphatic heterocycles. The summed E-state index contributed by atoms with van der Waals surface area (Å²) in [7, 11) is 0. The van der Waals surface area contributed by atoms with Gasteiger partial charge in [0.2, 0.25) is 0 Å². The second-order valence-corrected chi connectivity index (χ2v) is 9.49. The van der Waals surface area contributed by atoms with E-state index in [1.165, 1.54) is 18.2 Å². The zero-order valence-electron chi connectivity index (χ0n) is 19.2. The molecule has 0 unspecified atom stereocenters. The number of aromatic nitrogens is 4. The number of pyridine rings is 2. The van der Waals surface area contributed by atoms with Crippen molar-refractivity contribution in [1.82, 2.24) is 24.4 Å². The highest BCUT2D eigenvalue weighted by Gasteiger charge is 2.29. The molecule has 0 atom stereocenters. The van der Waals surface area contributed by atoms with Gasteiger partial charge in [0, 0.05) is 67.0 Å². The van der Waals surface area contributed by atoms with E-state index in [0.717, 1.165) is 43.1 Å². The molecule has 3 aromatic heterocycles. The van der Waals surface area contributed by atoms with Crippen LogP contribution >= 0.6 is 11.8 Å². The van der Waals surface area contributed by atoms with Gasteiger partial charge < -0.3 is 19.4 Å². The molecule has 0 aliphatic carbocycles. The van der Waals surface area contributed by atoms with E-state index in [1.807, 2.05) is 12.1 Å². The highest BCUT2D eigenvalue weighted by atomic mass is 32.2. The van der Waals surface area contributed by atoms with Crippen LogP contribution in [-0.4, -0.2) is 50.8 Å². The Bertz CT molecular complexity index is 1390. The van der Waals surface area contributed by atoms with Gasteiger partial charge in [0.15, 0.2) is 0 Å². The number of piperazine rings is 1. The Labute approximate surface area is 209 Å². The molecule has 4 aromatic rings. The number of halogens is 3. The van der Waals surface area contributed by atoms with Gasteiger partial charge in [0.25, 0.3) is 5.56 Å². The van der Waals surface area contributed by atoms with Gasteiger partial charge in [-0.2, -0.15) is 13.2 Å². The SMILES string of the molecule is O=c1ccc(-c2cn(-c3ccc(SC(F)(F)F)cc3)cn2)cn1Cc1ccnc(N2CCNCC2)c1. The molecule has 0 radical (unpaired) electrons. The van der Waals surface area contributed by atoms with Crippen molar-refractivity contribution in [2.24, 2.45) is 0 Å². The zero-order valence-corrected chi connectivity index (χ0v) is 20.0. The molecule has 1 N–H and O–H groups in total. The highest BCUT2D eigenvalue weighted by molar-refractivity contribution is 8.00. The Morgan fingerprint density at radius 3 is 2.50 bits per heavy atom. The molecular weight excluding hydrogens is 489 g/mol. The molecule has 7 nitrogen and oxygen atoms in total. The van der Waals surface area contributed by atoms with Crippen molar-refractivity contribution in [1.29, 1.82) is 0 Å². The van der Waals surface area contributed by atoms with E-state index in [0.29, 0.717) is 17.9 Å². The second-order valence-electron chi connectivity index (χ2n) is 8.35. The summed E-state index contributed by atoms with van der Waals surface area (Å²) in [5.41, 5.74) is -1.39. The summed E-state index contributed by atoms with van der Waals surface area (Å²) in [6, 6.07) is 13.2. The van der Waals surface area contributed by atoms with Crippen LogP contribution in [0.1, 0.15) is 5.56 Å². The summed E-state index contributed by atoms with van der Waals surface area (Å²) in [5, 5.41) is 3.33. The van der Waals surface area contributed by atoms with Crippen LogP contribution < -0.4 is 15.8 Å². The lowest BCUT2D eigenvalue weighted by Crippen LogP contribution is -2.43. The van der Waals surface area contributed by atoms with Gasteiger partial charge in [0.1, 0.15) is 5.82 Å². The maximum absolute atomic E-state index is 12.6. The first-order valence-corrected chi connectivity index (χ1v) is 12.2. The highest BCUT2D eigenvalue weighted by Crippen LogP contribution is 2.37. The number of thioether (sulfide) groups is 1. The first-order valence-electron chi connectivity index (χ1n) is 11.4. The molecule has 11 heteroatoms. The van der Waals surface area contributed by atoms with E-state index < -0.39 is 5.51 Å². The van der Waals surface area contributed by atoms with Crippen molar-refractivity contribution < 1.29 is 13.2 Å². The van der Waals surface area contributed by atoms with Gasteiger partial charge in [0.05, 0.1) is 18.6 Å². The molecule has 1 aliphatic rings. The summed E-state index contributed by atoms with van der Waals surface area (Å²) in [4.78, 5) is 23.8. The summed E-state index contributed by atoms with van der Waals surface area (Å²) >= 11 is -0.148. The molecule has 1 fully saturated rings. The molecule has 4 heterocycles. The lowest BCUT2D eigenvalue weighted by Gasteiger charge is -2.28. The Morgan fingerprint density at radius 2 is 1.75 bits per heavy atom. The van der Waals surface area contributed by atoms with E-state index in [1.54, 1.807) is 52.3 Å². The van der Waals surface area contributed by atoms with E-state index in [2.05, 4.69) is 20.2 Å². The van der Waals surface area contributed by atoms with Crippen LogP contribution in [0.4, 0.5) is 19.0 Å². The quantitative estimate of drug-likeness (QED) is 0.392. The zero-order chi connectivity index (χ0) is 25.1. The van der Waals surface area contributed by atoms with E-state index in [4.69, 9.17) is 0 Å². The smallest absolute Gasteiger partial charge is 0.354 e. The molecule has 0 bridgehead atoms. The van der Waals surface area contributed by atoms with Crippen molar-refractivity contribution in [3.63, 3.8) is 0 Å². The average Bonchev–Trinajstić information content (AvgIpc) is 3.36. The lowest BCUT2D eigenvalue weighted by molar-refractivity contribution is -0.0328. The first kappa shape index (κ1) is 24.1. The topological polar surface area (TPSA) is 68.0 Å². The van der Waals surface area contributed by atoms with Crippen molar-refractivity contribution in [2.45, 2.75) is 16.9 Å².